The first-order chi connectivity index (χ1) is 39.1. The molecule has 0 N–H and O–H groups in total. The van der Waals surface area contributed by atoms with Crippen LogP contribution in [0.4, 0.5) is 0 Å². The molecule has 474 valence electrons. The number of hydrogen-bond donors (Lipinski definition) is 0. The van der Waals surface area contributed by atoms with Crippen LogP contribution in [0.25, 0.3) is 0 Å². The van der Waals surface area contributed by atoms with Gasteiger partial charge in [0.15, 0.2) is 0 Å². The molecule has 2 fully saturated rings. The number of hydrogen-bond acceptors (Lipinski definition) is 0. The van der Waals surface area contributed by atoms with Gasteiger partial charge >= 0.3 is 0 Å². The van der Waals surface area contributed by atoms with Gasteiger partial charge in [-0.1, -0.05) is 420 Å². The van der Waals surface area contributed by atoms with Gasteiger partial charge in [-0.2, -0.15) is 0 Å². The van der Waals surface area contributed by atoms with E-state index >= 15 is 0 Å². The predicted octanol–water partition coefficient (Wildman–Crippen LogP) is 30.2. The second kappa shape index (κ2) is 61.1. The summed E-state index contributed by atoms with van der Waals surface area (Å²) in [5, 5.41) is 0. The van der Waals surface area contributed by atoms with Crippen molar-refractivity contribution in [2.45, 2.75) is 485 Å². The van der Waals surface area contributed by atoms with Crippen molar-refractivity contribution in [3.05, 3.63) is 0 Å². The maximum Gasteiger partial charge on any atom is -0.0269 e. The van der Waals surface area contributed by atoms with Gasteiger partial charge in [0.05, 0.1) is 0 Å². The lowest BCUT2D eigenvalue weighted by atomic mass is 9.68. The molecule has 2 rings (SSSR count). The fraction of sp³-hybridized carbons (Fsp3) is 1.00. The smallest absolute Gasteiger partial charge is 0.0269 e. The Morgan fingerprint density at radius 3 is 0.519 bits per heavy atom. The van der Waals surface area contributed by atoms with E-state index in [9.17, 15) is 0 Å². The molecule has 0 aromatic rings. The first-order valence-electron chi connectivity index (χ1n) is 39.1. The zero-order valence-electron chi connectivity index (χ0n) is 56.9. The van der Waals surface area contributed by atoms with E-state index in [1.54, 1.807) is 70.6 Å². The molecule has 79 heavy (non-hydrogen) atoms. The van der Waals surface area contributed by atoms with E-state index in [4.69, 9.17) is 0 Å². The number of rotatable bonds is 63. The maximum atomic E-state index is 2.33. The van der Waals surface area contributed by atoms with Gasteiger partial charge in [0.2, 0.25) is 0 Å². The topological polar surface area (TPSA) is 0 Å². The third-order valence-corrected chi connectivity index (χ3v) is 21.4. The summed E-state index contributed by atoms with van der Waals surface area (Å²) in [6.07, 6.45) is 103. The lowest BCUT2D eigenvalue weighted by Gasteiger charge is -2.37. The molecule has 0 radical (unpaired) electrons. The van der Waals surface area contributed by atoms with E-state index in [2.05, 4.69) is 41.5 Å². The summed E-state index contributed by atoms with van der Waals surface area (Å²) in [6, 6.07) is 0. The van der Waals surface area contributed by atoms with Crippen LogP contribution in [0, 0.1) is 22.7 Å². The summed E-state index contributed by atoms with van der Waals surface area (Å²) in [6.45, 7) is 14.0. The van der Waals surface area contributed by atoms with Gasteiger partial charge in [-0.25, -0.2) is 0 Å². The van der Waals surface area contributed by atoms with Crippen LogP contribution in [-0.4, -0.2) is 0 Å². The molecule has 0 aromatic heterocycles. The Hall–Kier alpha value is 0. The van der Waals surface area contributed by atoms with Crippen molar-refractivity contribution in [1.29, 1.82) is 0 Å². The van der Waals surface area contributed by atoms with Crippen molar-refractivity contribution >= 4 is 0 Å². The summed E-state index contributed by atoms with van der Waals surface area (Å²) in [7, 11) is 0. The first-order valence-corrected chi connectivity index (χ1v) is 39.1. The van der Waals surface area contributed by atoms with E-state index in [0.717, 1.165) is 22.7 Å². The van der Waals surface area contributed by atoms with Gasteiger partial charge in [0, 0.05) is 0 Å². The number of unbranched alkanes of at least 4 members (excludes halogenated alkanes) is 51. The van der Waals surface area contributed by atoms with Crippen LogP contribution in [0.3, 0.4) is 0 Å². The van der Waals surface area contributed by atoms with Crippen LogP contribution in [-0.2, 0) is 0 Å². The van der Waals surface area contributed by atoms with Crippen molar-refractivity contribution in [1.82, 2.24) is 0 Å². The summed E-state index contributed by atoms with van der Waals surface area (Å²) in [4.78, 5) is 0. The predicted molar refractivity (Wildman–Crippen MR) is 364 cm³/mol. The zero-order valence-corrected chi connectivity index (χ0v) is 56.9. The van der Waals surface area contributed by atoms with Crippen LogP contribution in [0.5, 0.6) is 0 Å². The average molecular weight is 1110 g/mol. The van der Waals surface area contributed by atoms with Crippen molar-refractivity contribution < 1.29 is 0 Å². The monoisotopic (exact) mass is 1110 g/mol. The molecule has 2 atom stereocenters. The highest BCUT2D eigenvalue weighted by Crippen LogP contribution is 2.54. The normalized spacial score (nSPS) is 16.8. The Morgan fingerprint density at radius 2 is 0.342 bits per heavy atom. The first kappa shape index (κ1) is 77.0. The Balaban J connectivity index is 0.000000811. The van der Waals surface area contributed by atoms with E-state index < -0.39 is 0 Å². The van der Waals surface area contributed by atoms with E-state index in [1.165, 1.54) is 372 Å². The zero-order chi connectivity index (χ0) is 56.9. The second-order valence-electron chi connectivity index (χ2n) is 28.5. The molecule has 2 unspecified atom stereocenters. The van der Waals surface area contributed by atoms with Crippen LogP contribution in [0.1, 0.15) is 485 Å². The molecule has 0 bridgehead atoms. The fourth-order valence-electron chi connectivity index (χ4n) is 16.0. The molecule has 2 aliphatic rings. The van der Waals surface area contributed by atoms with Gasteiger partial charge in [-0.3, -0.25) is 0 Å². The minimum atomic E-state index is 0.733. The lowest BCUT2D eigenvalue weighted by Crippen LogP contribution is -2.26. The second-order valence-corrected chi connectivity index (χ2v) is 28.5. The minimum absolute atomic E-state index is 0.733. The van der Waals surface area contributed by atoms with Gasteiger partial charge in [-0.05, 0) is 86.9 Å². The molecule has 0 heterocycles. The molecular formula is C79H158. The van der Waals surface area contributed by atoms with Gasteiger partial charge in [-0.15, -0.1) is 0 Å². The Labute approximate surface area is 504 Å². The quantitative estimate of drug-likeness (QED) is 0.0533. The van der Waals surface area contributed by atoms with Crippen LogP contribution in [0.2, 0.25) is 0 Å². The molecule has 0 nitrogen and oxygen atoms in total. The van der Waals surface area contributed by atoms with Crippen LogP contribution in [0.15, 0.2) is 0 Å². The summed E-state index contributed by atoms with van der Waals surface area (Å²) < 4.78 is 0. The molecule has 0 aliphatic heterocycles. The van der Waals surface area contributed by atoms with Gasteiger partial charge in [0.1, 0.15) is 0 Å². The Kier molecular flexibility index (Phi) is 59.6. The van der Waals surface area contributed by atoms with E-state index in [1.807, 2.05) is 0 Å². The summed E-state index contributed by atoms with van der Waals surface area (Å²) in [5.74, 6) is 2.13. The van der Waals surface area contributed by atoms with Gasteiger partial charge < -0.3 is 0 Å². The average Bonchev–Trinajstić information content (AvgIpc) is 4.10. The highest BCUT2D eigenvalue weighted by atomic mass is 14.5. The van der Waals surface area contributed by atoms with Crippen molar-refractivity contribution in [3.8, 4) is 0 Å². The SMILES string of the molecule is CCCCCCCCCCC1CCCC1(CCCCCCCCCC)CCCCCCCCCC.CCCCCCCCCCCCCC1CCCC1(CCCCCCCCCCCCC)CCCCCCCCCCCCC. The highest BCUT2D eigenvalue weighted by molar-refractivity contribution is 4.93. The van der Waals surface area contributed by atoms with E-state index in [-0.39, 0.29) is 0 Å². The van der Waals surface area contributed by atoms with E-state index in [0.29, 0.717) is 0 Å². The van der Waals surface area contributed by atoms with Crippen molar-refractivity contribution in [3.63, 3.8) is 0 Å². The van der Waals surface area contributed by atoms with Crippen molar-refractivity contribution in [2.24, 2.45) is 22.7 Å². The third-order valence-electron chi connectivity index (χ3n) is 21.4. The molecule has 2 saturated carbocycles. The molecular weight excluding hydrogens is 949 g/mol. The molecule has 0 saturated heterocycles. The molecule has 0 heteroatoms. The maximum absolute atomic E-state index is 2.33. The highest BCUT2D eigenvalue weighted by Gasteiger charge is 2.42. The molecule has 0 amide bonds. The molecule has 2 aliphatic carbocycles. The lowest BCUT2D eigenvalue weighted by molar-refractivity contribution is 0.141. The summed E-state index contributed by atoms with van der Waals surface area (Å²) >= 11 is 0. The van der Waals surface area contributed by atoms with Crippen molar-refractivity contribution in [2.75, 3.05) is 0 Å². The fourth-order valence-corrected chi connectivity index (χ4v) is 16.0. The molecule has 0 spiro atoms. The minimum Gasteiger partial charge on any atom is -0.0654 e. The van der Waals surface area contributed by atoms with Crippen LogP contribution < -0.4 is 0 Å². The Morgan fingerprint density at radius 1 is 0.190 bits per heavy atom. The van der Waals surface area contributed by atoms with Gasteiger partial charge in [0.25, 0.3) is 0 Å². The largest absolute Gasteiger partial charge is 0.0654 e. The summed E-state index contributed by atoms with van der Waals surface area (Å²) in [5.41, 5.74) is 1.47. The third kappa shape index (κ3) is 46.0. The van der Waals surface area contributed by atoms with Crippen LogP contribution >= 0.6 is 0 Å². The molecule has 0 aromatic carbocycles. The Bertz CT molecular complexity index is 1070. The standard InChI is InChI=1S/C44H88.C35H70/c1-4-7-10-13-16-19-22-25-28-31-34-38-43-39-37-42-44(43,40-35-32-29-26-23-20-17-14-11-8-5-2)41-36-33-30-27-24-21-18-15-12-9-6-3;1-4-7-10-13-16-19-22-25-29-34-30-28-33-35(34,31-26-23-20-17-14-11-8-5-2)32-27-24-21-18-15-12-9-6-3/h43H,4-42H2,1-3H3;34H,4-33H2,1-3H3.